The number of carbonyl (C=O) groups excluding carboxylic acids is 1. The average Bonchev–Trinajstić information content (AvgIpc) is 2.69. The van der Waals surface area contributed by atoms with Crippen LogP contribution >= 0.6 is 23.5 Å². The number of rotatable bonds is 8. The van der Waals surface area contributed by atoms with Crippen LogP contribution < -0.4 is 0 Å². The van der Waals surface area contributed by atoms with Crippen LogP contribution in [0.25, 0.3) is 0 Å². The van der Waals surface area contributed by atoms with E-state index in [1.54, 1.807) is 0 Å². The molecule has 0 radical (unpaired) electrons. The molecule has 0 saturated heterocycles. The van der Waals surface area contributed by atoms with Crippen LogP contribution in [-0.4, -0.2) is 66.2 Å². The van der Waals surface area contributed by atoms with Gasteiger partial charge in [-0.05, 0) is 61.0 Å². The summed E-state index contributed by atoms with van der Waals surface area (Å²) in [4.78, 5) is 18.1. The largest absolute Gasteiger partial charge is 0.344 e. The third kappa shape index (κ3) is 8.61. The van der Waals surface area contributed by atoms with Crippen molar-refractivity contribution < 1.29 is 4.79 Å². The van der Waals surface area contributed by atoms with Crippen molar-refractivity contribution in [3.63, 3.8) is 0 Å². The zero-order valence-electron chi connectivity index (χ0n) is 22.0. The minimum atomic E-state index is 0.140. The molecule has 1 saturated carbocycles. The summed E-state index contributed by atoms with van der Waals surface area (Å²) < 4.78 is 0. The molecule has 0 N–H and O–H groups in total. The molecule has 1 fully saturated rings. The smallest absolute Gasteiger partial charge is 0.232 e. The third-order valence-corrected chi connectivity index (χ3v) is 9.25. The van der Waals surface area contributed by atoms with Crippen LogP contribution in [0.1, 0.15) is 78.4 Å². The number of carbonyl (C=O) groups is 1. The quantitative estimate of drug-likeness (QED) is 0.429. The van der Waals surface area contributed by atoms with E-state index in [9.17, 15) is 4.79 Å². The Morgan fingerprint density at radius 2 is 1.41 bits per heavy atom. The van der Waals surface area contributed by atoms with Crippen LogP contribution in [0, 0.1) is 0 Å². The van der Waals surface area contributed by atoms with Crippen LogP contribution in [0.2, 0.25) is 0 Å². The maximum Gasteiger partial charge on any atom is 0.232 e. The van der Waals surface area contributed by atoms with Gasteiger partial charge in [-0.15, -0.1) is 23.5 Å². The molecular weight excluding hydrogens is 432 g/mol. The lowest BCUT2D eigenvalue weighted by molar-refractivity contribution is -0.127. The molecule has 1 amide bonds. The maximum atomic E-state index is 12.7. The van der Waals surface area contributed by atoms with E-state index >= 15 is 0 Å². The first-order chi connectivity index (χ1) is 14.8. The fourth-order valence-corrected chi connectivity index (χ4v) is 6.83. The van der Waals surface area contributed by atoms with Crippen molar-refractivity contribution in [1.29, 1.82) is 0 Å². The van der Waals surface area contributed by atoms with Gasteiger partial charge in [0.15, 0.2) is 0 Å². The second-order valence-corrected chi connectivity index (χ2v) is 14.2. The molecule has 5 heteroatoms. The lowest BCUT2D eigenvalue weighted by Crippen LogP contribution is -2.35. The van der Waals surface area contributed by atoms with Gasteiger partial charge in [0.2, 0.25) is 5.91 Å². The molecule has 32 heavy (non-hydrogen) atoms. The molecule has 2 rings (SSSR count). The van der Waals surface area contributed by atoms with Gasteiger partial charge in [-0.3, -0.25) is 4.79 Å². The predicted octanol–water partition coefficient (Wildman–Crippen LogP) is 6.44. The van der Waals surface area contributed by atoms with Crippen LogP contribution in [-0.2, 0) is 15.6 Å². The Bertz CT molecular complexity index is 717. The summed E-state index contributed by atoms with van der Waals surface area (Å²) in [6.45, 7) is 15.5. The van der Waals surface area contributed by atoms with Crippen molar-refractivity contribution in [2.75, 3.05) is 40.0 Å². The summed E-state index contributed by atoms with van der Waals surface area (Å²) in [5.74, 6) is 0.858. The number of hydrogen-bond donors (Lipinski definition) is 0. The SMILES string of the molecule is CN(C)CCN(C)C(=O)CS[C@@H]1CCCC[C@H]1Sc1cc(C(C)(C)C)cc(C(C)(C)C)c1. The third-order valence-electron chi connectivity index (χ3n) is 6.30. The first kappa shape index (κ1) is 27.6. The minimum Gasteiger partial charge on any atom is -0.344 e. The van der Waals surface area contributed by atoms with Crippen molar-refractivity contribution in [2.24, 2.45) is 0 Å². The fourth-order valence-electron chi connectivity index (χ4n) is 3.86. The summed E-state index contributed by atoms with van der Waals surface area (Å²) in [5.41, 5.74) is 3.12. The summed E-state index contributed by atoms with van der Waals surface area (Å²) in [5, 5.41) is 1.13. The standard InChI is InChI=1S/C27H46N2OS2/c1-26(2,3)20-16-21(27(4,5)6)18-22(17-20)32-24-13-11-10-12-23(24)31-19-25(30)29(9)15-14-28(7)8/h16-18,23-24H,10-15,19H2,1-9H3/t23-,24-/m1/s1. The Labute approximate surface area is 206 Å². The van der Waals surface area contributed by atoms with Crippen molar-refractivity contribution in [3.8, 4) is 0 Å². The highest BCUT2D eigenvalue weighted by Gasteiger charge is 2.29. The van der Waals surface area contributed by atoms with E-state index in [0.717, 1.165) is 13.1 Å². The van der Waals surface area contributed by atoms with E-state index in [0.29, 0.717) is 16.3 Å². The maximum absolute atomic E-state index is 12.7. The van der Waals surface area contributed by atoms with Gasteiger partial charge in [-0.25, -0.2) is 0 Å². The molecule has 1 aromatic rings. The second-order valence-electron chi connectivity index (χ2n) is 11.7. The Hall–Kier alpha value is -0.650. The first-order valence-corrected chi connectivity index (χ1v) is 14.0. The van der Waals surface area contributed by atoms with E-state index in [1.165, 1.54) is 41.7 Å². The fraction of sp³-hybridized carbons (Fsp3) is 0.741. The van der Waals surface area contributed by atoms with Gasteiger partial charge in [0.1, 0.15) is 0 Å². The molecular formula is C27H46N2OS2. The number of thioether (sulfide) groups is 2. The van der Waals surface area contributed by atoms with Gasteiger partial charge in [0, 0.05) is 35.5 Å². The van der Waals surface area contributed by atoms with E-state index in [2.05, 4.69) is 90.5 Å². The van der Waals surface area contributed by atoms with Crippen LogP contribution in [0.5, 0.6) is 0 Å². The highest BCUT2D eigenvalue weighted by molar-refractivity contribution is 8.04. The molecule has 2 atom stereocenters. The Balaban J connectivity index is 2.10. The predicted molar refractivity (Wildman–Crippen MR) is 144 cm³/mol. The van der Waals surface area contributed by atoms with Gasteiger partial charge < -0.3 is 9.80 Å². The van der Waals surface area contributed by atoms with Gasteiger partial charge in [0.05, 0.1) is 5.75 Å². The first-order valence-electron chi connectivity index (χ1n) is 12.1. The average molecular weight is 479 g/mol. The van der Waals surface area contributed by atoms with Crippen LogP contribution in [0.3, 0.4) is 0 Å². The molecule has 0 spiro atoms. The Kier molecular flexibility index (Phi) is 10.1. The normalized spacial score (nSPS) is 19.9. The van der Waals surface area contributed by atoms with Gasteiger partial charge in [-0.2, -0.15) is 0 Å². The lowest BCUT2D eigenvalue weighted by Gasteiger charge is -2.32. The van der Waals surface area contributed by atoms with E-state index in [1.807, 2.05) is 23.7 Å². The van der Waals surface area contributed by atoms with E-state index in [4.69, 9.17) is 0 Å². The zero-order valence-corrected chi connectivity index (χ0v) is 23.6. The molecule has 1 aliphatic rings. The van der Waals surface area contributed by atoms with E-state index < -0.39 is 0 Å². The highest BCUT2D eigenvalue weighted by atomic mass is 32.2. The Morgan fingerprint density at radius 3 is 1.91 bits per heavy atom. The molecule has 0 unspecified atom stereocenters. The van der Waals surface area contributed by atoms with Gasteiger partial charge in [-0.1, -0.05) is 60.5 Å². The summed E-state index contributed by atoms with van der Waals surface area (Å²) in [6, 6.07) is 7.23. The monoisotopic (exact) mass is 478 g/mol. The number of nitrogens with zero attached hydrogens (tertiary/aromatic N) is 2. The molecule has 1 aromatic carbocycles. The van der Waals surface area contributed by atoms with Crippen molar-refractivity contribution >= 4 is 29.4 Å². The summed E-state index contributed by atoms with van der Waals surface area (Å²) >= 11 is 3.94. The number of benzene rings is 1. The molecule has 182 valence electrons. The van der Waals surface area contributed by atoms with Crippen molar-refractivity contribution in [1.82, 2.24) is 9.80 Å². The van der Waals surface area contributed by atoms with Gasteiger partial charge in [0.25, 0.3) is 0 Å². The van der Waals surface area contributed by atoms with E-state index in [-0.39, 0.29) is 16.7 Å². The number of amides is 1. The number of likely N-dealkylation sites (N-methyl/N-ethyl adjacent to an activating group) is 2. The molecule has 0 aliphatic heterocycles. The summed E-state index contributed by atoms with van der Waals surface area (Å²) in [6.07, 6.45) is 5.06. The zero-order chi connectivity index (χ0) is 24.1. The van der Waals surface area contributed by atoms with Crippen molar-refractivity contribution in [3.05, 3.63) is 29.3 Å². The summed E-state index contributed by atoms with van der Waals surface area (Å²) in [7, 11) is 6.04. The molecule has 1 aliphatic carbocycles. The molecule has 3 nitrogen and oxygen atoms in total. The topological polar surface area (TPSA) is 23.6 Å². The van der Waals surface area contributed by atoms with Gasteiger partial charge >= 0.3 is 0 Å². The molecule has 0 heterocycles. The molecule has 0 aromatic heterocycles. The second kappa shape index (κ2) is 11.7. The van der Waals surface area contributed by atoms with Crippen LogP contribution in [0.15, 0.2) is 23.1 Å². The van der Waals surface area contributed by atoms with Crippen LogP contribution in [0.4, 0.5) is 0 Å². The number of hydrogen-bond acceptors (Lipinski definition) is 4. The molecule has 0 bridgehead atoms. The Morgan fingerprint density at radius 1 is 0.875 bits per heavy atom. The highest BCUT2D eigenvalue weighted by Crippen LogP contribution is 2.42. The lowest BCUT2D eigenvalue weighted by atomic mass is 9.81. The van der Waals surface area contributed by atoms with Crippen molar-refractivity contribution in [2.45, 2.75) is 93.5 Å². The minimum absolute atomic E-state index is 0.140.